The molecule has 2 aliphatic rings. The maximum absolute atomic E-state index is 13.7. The van der Waals surface area contributed by atoms with Gasteiger partial charge >= 0.3 is 6.18 Å². The number of nitrogens with one attached hydrogen (secondary N) is 2. The molecule has 0 aliphatic carbocycles. The summed E-state index contributed by atoms with van der Waals surface area (Å²) in [6, 6.07) is 10.5. The Labute approximate surface area is 228 Å². The van der Waals surface area contributed by atoms with Crippen molar-refractivity contribution in [2.45, 2.75) is 51.5 Å². The number of para-hydroxylation sites is 1. The lowest BCUT2D eigenvalue weighted by Crippen LogP contribution is -2.59. The van der Waals surface area contributed by atoms with E-state index in [0.717, 1.165) is 29.1 Å². The van der Waals surface area contributed by atoms with Crippen LogP contribution in [0.5, 0.6) is 0 Å². The number of carbonyl (C=O) groups is 3. The Morgan fingerprint density at radius 3 is 2.26 bits per heavy atom. The van der Waals surface area contributed by atoms with Gasteiger partial charge in [0.1, 0.15) is 11.7 Å². The second-order valence-corrected chi connectivity index (χ2v) is 11.6. The van der Waals surface area contributed by atoms with E-state index in [0.29, 0.717) is 12.1 Å². The average molecular weight is 561 g/mol. The molecule has 39 heavy (non-hydrogen) atoms. The molecule has 2 fully saturated rings. The van der Waals surface area contributed by atoms with E-state index in [-0.39, 0.29) is 41.7 Å². The lowest BCUT2D eigenvalue weighted by molar-refractivity contribution is -0.138. The Balaban J connectivity index is 1.29. The Morgan fingerprint density at radius 2 is 1.67 bits per heavy atom. The van der Waals surface area contributed by atoms with Crippen LogP contribution in [0.4, 0.5) is 13.2 Å². The number of benzene rings is 2. The van der Waals surface area contributed by atoms with Crippen molar-refractivity contribution < 1.29 is 27.6 Å². The summed E-state index contributed by atoms with van der Waals surface area (Å²) in [5, 5.41) is 3.52. The third-order valence-corrected chi connectivity index (χ3v) is 7.79. The van der Waals surface area contributed by atoms with Crippen LogP contribution in [0.1, 0.15) is 53.6 Å². The average Bonchev–Trinajstić information content (AvgIpc) is 3.59. The molecule has 206 valence electrons. The van der Waals surface area contributed by atoms with Gasteiger partial charge in [0.2, 0.25) is 5.91 Å². The number of halogens is 4. The number of likely N-dealkylation sites (tertiary alicyclic amines) is 2. The fraction of sp³-hybridized carbons (Fsp3) is 0.393. The highest BCUT2D eigenvalue weighted by molar-refractivity contribution is 6.34. The standard InChI is InChI=1S/C28H28ClF3N4O3/c1-27(2,3)23(34-24(37)22-10-15-6-4-5-7-21(15)33-22)26(39)36-14-17-12-18(36)13-35(17)25(38)19-9-8-16(11-20(19)29)28(30,31)32/h4-11,17-18,23,33H,12-14H2,1-3H3,(H,34,37)/t17-,18-,23+/m0/s1. The molecule has 2 N–H and O–H groups in total. The Kier molecular flexibility index (Phi) is 6.65. The monoisotopic (exact) mass is 560 g/mol. The molecule has 2 aliphatic heterocycles. The van der Waals surface area contributed by atoms with E-state index in [4.69, 9.17) is 11.6 Å². The number of fused-ring (bicyclic) bond motifs is 3. The molecular weight excluding hydrogens is 533 g/mol. The van der Waals surface area contributed by atoms with Gasteiger partial charge < -0.3 is 20.1 Å². The largest absolute Gasteiger partial charge is 0.416 e. The summed E-state index contributed by atoms with van der Waals surface area (Å²) in [6.07, 6.45) is -4.02. The first-order valence-electron chi connectivity index (χ1n) is 12.6. The van der Waals surface area contributed by atoms with Crippen LogP contribution in [0.2, 0.25) is 5.02 Å². The van der Waals surface area contributed by atoms with Crippen molar-refractivity contribution in [2.75, 3.05) is 13.1 Å². The molecule has 0 unspecified atom stereocenters. The van der Waals surface area contributed by atoms with E-state index in [1.807, 2.05) is 45.0 Å². The smallest absolute Gasteiger partial charge is 0.351 e. The Morgan fingerprint density at radius 1 is 1.00 bits per heavy atom. The maximum Gasteiger partial charge on any atom is 0.416 e. The van der Waals surface area contributed by atoms with Crippen LogP contribution in [0.3, 0.4) is 0 Å². The molecule has 2 saturated heterocycles. The molecule has 2 bridgehead atoms. The predicted molar refractivity (Wildman–Crippen MR) is 140 cm³/mol. The number of hydrogen-bond donors (Lipinski definition) is 2. The third kappa shape index (κ3) is 5.09. The van der Waals surface area contributed by atoms with Crippen LogP contribution in [0, 0.1) is 5.41 Å². The van der Waals surface area contributed by atoms with E-state index in [2.05, 4.69) is 10.3 Å². The van der Waals surface area contributed by atoms with Crippen LogP contribution in [0.15, 0.2) is 48.5 Å². The zero-order valence-corrected chi connectivity index (χ0v) is 22.4. The number of hydrogen-bond acceptors (Lipinski definition) is 3. The summed E-state index contributed by atoms with van der Waals surface area (Å²) in [4.78, 5) is 46.4. The van der Waals surface area contributed by atoms with Crippen molar-refractivity contribution >= 4 is 40.2 Å². The van der Waals surface area contributed by atoms with Gasteiger partial charge in [-0.2, -0.15) is 13.2 Å². The summed E-state index contributed by atoms with van der Waals surface area (Å²) in [6.45, 7) is 6.12. The van der Waals surface area contributed by atoms with Crippen molar-refractivity contribution in [3.63, 3.8) is 0 Å². The summed E-state index contributed by atoms with van der Waals surface area (Å²) < 4.78 is 39.0. The topological polar surface area (TPSA) is 85.5 Å². The number of rotatable bonds is 4. The van der Waals surface area contributed by atoms with Crippen LogP contribution in [0.25, 0.3) is 10.9 Å². The molecule has 0 spiro atoms. The molecule has 0 radical (unpaired) electrons. The van der Waals surface area contributed by atoms with Crippen LogP contribution < -0.4 is 5.32 Å². The maximum atomic E-state index is 13.7. The summed E-state index contributed by atoms with van der Waals surface area (Å²) in [5.41, 5.74) is -0.355. The van der Waals surface area contributed by atoms with Gasteiger partial charge in [0.05, 0.1) is 28.2 Å². The van der Waals surface area contributed by atoms with Crippen LogP contribution in [-0.2, 0) is 11.0 Å². The van der Waals surface area contributed by atoms with Crippen LogP contribution in [-0.4, -0.2) is 63.7 Å². The van der Waals surface area contributed by atoms with E-state index in [9.17, 15) is 27.6 Å². The minimum atomic E-state index is -4.56. The second kappa shape index (κ2) is 9.59. The minimum Gasteiger partial charge on any atom is -0.351 e. The van der Waals surface area contributed by atoms with Crippen molar-refractivity contribution in [3.05, 3.63) is 70.4 Å². The van der Waals surface area contributed by atoms with Gasteiger partial charge in [-0.05, 0) is 42.2 Å². The lowest BCUT2D eigenvalue weighted by Gasteiger charge is -2.39. The molecule has 11 heteroatoms. The second-order valence-electron chi connectivity index (χ2n) is 11.2. The number of H-pyrrole nitrogens is 1. The number of piperazine rings is 1. The Hall–Kier alpha value is -3.53. The lowest BCUT2D eigenvalue weighted by atomic mass is 9.85. The third-order valence-electron chi connectivity index (χ3n) is 7.47. The Bertz CT molecular complexity index is 1430. The number of nitrogens with zero attached hydrogens (tertiary/aromatic N) is 2. The van der Waals surface area contributed by atoms with Gasteiger partial charge in [-0.3, -0.25) is 14.4 Å². The highest BCUT2D eigenvalue weighted by atomic mass is 35.5. The van der Waals surface area contributed by atoms with E-state index in [1.165, 1.54) is 0 Å². The van der Waals surface area contributed by atoms with E-state index in [1.54, 1.807) is 15.9 Å². The zero-order chi connectivity index (χ0) is 28.3. The van der Waals surface area contributed by atoms with E-state index >= 15 is 0 Å². The molecule has 7 nitrogen and oxygen atoms in total. The minimum absolute atomic E-state index is 0.00624. The number of carbonyl (C=O) groups excluding carboxylic acids is 3. The van der Waals surface area contributed by atoms with Gasteiger partial charge in [-0.15, -0.1) is 0 Å². The van der Waals surface area contributed by atoms with Crippen molar-refractivity contribution in [3.8, 4) is 0 Å². The molecule has 3 amide bonds. The highest BCUT2D eigenvalue weighted by Gasteiger charge is 2.50. The molecular formula is C28H28ClF3N4O3. The van der Waals surface area contributed by atoms with Gasteiger partial charge in [-0.25, -0.2) is 0 Å². The number of alkyl halides is 3. The van der Waals surface area contributed by atoms with Crippen molar-refractivity contribution in [1.29, 1.82) is 0 Å². The van der Waals surface area contributed by atoms with Crippen molar-refractivity contribution in [2.24, 2.45) is 5.41 Å². The van der Waals surface area contributed by atoms with Crippen LogP contribution >= 0.6 is 11.6 Å². The molecule has 3 heterocycles. The van der Waals surface area contributed by atoms with Gasteiger partial charge in [-0.1, -0.05) is 50.6 Å². The molecule has 1 aromatic heterocycles. The SMILES string of the molecule is CC(C)(C)[C@H](NC(=O)c1cc2ccccc2[nH]1)C(=O)N1C[C@@H]2C[C@H]1CN2C(=O)c1ccc(C(F)(F)F)cc1Cl. The molecule has 0 saturated carbocycles. The van der Waals surface area contributed by atoms with Gasteiger partial charge in [0, 0.05) is 24.0 Å². The zero-order valence-electron chi connectivity index (χ0n) is 21.6. The fourth-order valence-electron chi connectivity index (χ4n) is 5.42. The summed E-state index contributed by atoms with van der Waals surface area (Å²) in [7, 11) is 0. The van der Waals surface area contributed by atoms with Crippen molar-refractivity contribution in [1.82, 2.24) is 20.1 Å². The fourth-order valence-corrected chi connectivity index (χ4v) is 5.69. The summed E-state index contributed by atoms with van der Waals surface area (Å²) >= 11 is 6.05. The highest BCUT2D eigenvalue weighted by Crippen LogP contribution is 2.36. The number of amides is 3. The normalized spacial score (nSPS) is 20.0. The first-order chi connectivity index (χ1) is 18.2. The number of aromatic nitrogens is 1. The van der Waals surface area contributed by atoms with Gasteiger partial charge in [0.15, 0.2) is 0 Å². The molecule has 3 aromatic rings. The quantitative estimate of drug-likeness (QED) is 0.465. The molecule has 3 atom stereocenters. The molecule has 2 aromatic carbocycles. The summed E-state index contributed by atoms with van der Waals surface area (Å²) in [5.74, 6) is -1.09. The predicted octanol–water partition coefficient (Wildman–Crippen LogP) is 5.11. The van der Waals surface area contributed by atoms with E-state index < -0.39 is 35.0 Å². The first-order valence-corrected chi connectivity index (χ1v) is 13.0. The van der Waals surface area contributed by atoms with Gasteiger partial charge in [0.25, 0.3) is 11.8 Å². The molecule has 5 rings (SSSR count). The number of aromatic amines is 1. The first kappa shape index (κ1) is 27.1.